The molecule has 0 bridgehead atoms. The summed E-state index contributed by atoms with van der Waals surface area (Å²) in [6.07, 6.45) is 1.65. The predicted octanol–water partition coefficient (Wildman–Crippen LogP) is 1.99. The molecule has 0 atom stereocenters. The number of carbonyl (C=O) groups excluding carboxylic acids is 1. The van der Waals surface area contributed by atoms with Crippen LogP contribution in [0.3, 0.4) is 0 Å². The Hall–Kier alpha value is -1.88. The van der Waals surface area contributed by atoms with Crippen molar-refractivity contribution in [1.82, 2.24) is 19.9 Å². The highest BCUT2D eigenvalue weighted by molar-refractivity contribution is 6.30. The lowest BCUT2D eigenvalue weighted by Crippen LogP contribution is -2.21. The fraction of sp³-hybridized carbons (Fsp3) is 0.308. The maximum atomic E-state index is 11.7. The van der Waals surface area contributed by atoms with Crippen LogP contribution in [0.4, 0.5) is 0 Å². The van der Waals surface area contributed by atoms with E-state index in [2.05, 4.69) is 10.3 Å². The van der Waals surface area contributed by atoms with Gasteiger partial charge in [0.1, 0.15) is 0 Å². The molecule has 1 amide bonds. The van der Waals surface area contributed by atoms with E-state index in [-0.39, 0.29) is 5.91 Å². The van der Waals surface area contributed by atoms with Crippen LogP contribution in [0.25, 0.3) is 0 Å². The van der Waals surface area contributed by atoms with Crippen molar-refractivity contribution in [1.29, 1.82) is 0 Å². The Labute approximate surface area is 116 Å². The van der Waals surface area contributed by atoms with Gasteiger partial charge in [-0.2, -0.15) is 0 Å². The summed E-state index contributed by atoms with van der Waals surface area (Å²) in [5.74, 6) is -0.154. The monoisotopic (exact) mass is 278 g/mol. The molecular weight excluding hydrogens is 264 g/mol. The average molecular weight is 279 g/mol. The zero-order valence-electron chi connectivity index (χ0n) is 11.1. The van der Waals surface area contributed by atoms with Gasteiger partial charge in [-0.05, 0) is 30.2 Å². The minimum absolute atomic E-state index is 0.154. The molecule has 0 spiro atoms. The zero-order valence-corrected chi connectivity index (χ0v) is 11.8. The van der Waals surface area contributed by atoms with Crippen molar-refractivity contribution in [2.75, 3.05) is 14.1 Å². The lowest BCUT2D eigenvalue weighted by atomic mass is 10.1. The van der Waals surface area contributed by atoms with Gasteiger partial charge < -0.3 is 4.90 Å². The third kappa shape index (κ3) is 3.12. The van der Waals surface area contributed by atoms with E-state index in [1.165, 1.54) is 4.90 Å². The van der Waals surface area contributed by atoms with Gasteiger partial charge in [0.15, 0.2) is 5.69 Å². The summed E-state index contributed by atoms with van der Waals surface area (Å²) in [4.78, 5) is 13.2. The molecule has 100 valence electrons. The Morgan fingerprint density at radius 1 is 1.42 bits per heavy atom. The van der Waals surface area contributed by atoms with Crippen molar-refractivity contribution >= 4 is 17.5 Å². The van der Waals surface area contributed by atoms with Crippen LogP contribution in [-0.4, -0.2) is 39.9 Å². The Morgan fingerprint density at radius 3 is 2.79 bits per heavy atom. The molecule has 19 heavy (non-hydrogen) atoms. The van der Waals surface area contributed by atoms with Crippen LogP contribution >= 0.6 is 11.6 Å². The molecular formula is C13H15ClN4O. The normalized spacial score (nSPS) is 10.5. The van der Waals surface area contributed by atoms with Gasteiger partial charge in [0.25, 0.3) is 5.91 Å². The molecule has 5 nitrogen and oxygen atoms in total. The largest absolute Gasteiger partial charge is 0.343 e. The standard InChI is InChI=1S/C13H15ClN4O/c1-9-6-11(14)5-4-10(9)7-18-8-12(15-16-18)13(19)17(2)3/h4-6,8H,7H2,1-3H3. The van der Waals surface area contributed by atoms with Crippen molar-refractivity contribution < 1.29 is 4.79 Å². The number of carbonyl (C=O) groups is 1. The lowest BCUT2D eigenvalue weighted by Gasteiger charge is -2.06. The molecule has 0 aliphatic rings. The molecule has 1 aromatic carbocycles. The van der Waals surface area contributed by atoms with Crippen molar-refractivity contribution in [3.63, 3.8) is 0 Å². The van der Waals surface area contributed by atoms with Crippen LogP contribution in [-0.2, 0) is 6.54 Å². The van der Waals surface area contributed by atoms with Gasteiger partial charge in [-0.15, -0.1) is 5.10 Å². The van der Waals surface area contributed by atoms with Gasteiger partial charge in [-0.25, -0.2) is 4.68 Å². The SMILES string of the molecule is Cc1cc(Cl)ccc1Cn1cc(C(=O)N(C)C)nn1. The van der Waals surface area contributed by atoms with Gasteiger partial charge in [0.2, 0.25) is 0 Å². The van der Waals surface area contributed by atoms with Gasteiger partial charge in [0, 0.05) is 19.1 Å². The van der Waals surface area contributed by atoms with E-state index in [1.807, 2.05) is 25.1 Å². The minimum atomic E-state index is -0.154. The molecule has 1 heterocycles. The summed E-state index contributed by atoms with van der Waals surface area (Å²) in [7, 11) is 3.37. The molecule has 2 rings (SSSR count). The summed E-state index contributed by atoms with van der Waals surface area (Å²) >= 11 is 5.92. The number of hydrogen-bond donors (Lipinski definition) is 0. The second-order valence-corrected chi connectivity index (χ2v) is 5.01. The van der Waals surface area contributed by atoms with E-state index >= 15 is 0 Å². The quantitative estimate of drug-likeness (QED) is 0.863. The van der Waals surface area contributed by atoms with Crippen LogP contribution in [0.1, 0.15) is 21.6 Å². The molecule has 0 saturated carbocycles. The summed E-state index contributed by atoms with van der Waals surface area (Å²) in [5.41, 5.74) is 2.53. The molecule has 2 aromatic rings. The van der Waals surface area contributed by atoms with Gasteiger partial charge in [0.05, 0.1) is 12.7 Å². The van der Waals surface area contributed by atoms with Crippen LogP contribution in [0.15, 0.2) is 24.4 Å². The molecule has 0 N–H and O–H groups in total. The number of aryl methyl sites for hydroxylation is 1. The van der Waals surface area contributed by atoms with E-state index in [1.54, 1.807) is 25.0 Å². The Balaban J connectivity index is 2.18. The van der Waals surface area contributed by atoms with Crippen molar-refractivity contribution in [3.8, 4) is 0 Å². The first-order valence-corrected chi connectivity index (χ1v) is 6.22. The third-order valence-corrected chi connectivity index (χ3v) is 3.04. The topological polar surface area (TPSA) is 51.0 Å². The summed E-state index contributed by atoms with van der Waals surface area (Å²) in [6, 6.07) is 5.69. The highest BCUT2D eigenvalue weighted by atomic mass is 35.5. The van der Waals surface area contributed by atoms with Gasteiger partial charge >= 0.3 is 0 Å². The fourth-order valence-corrected chi connectivity index (χ4v) is 1.94. The Bertz CT molecular complexity index is 606. The van der Waals surface area contributed by atoms with Gasteiger partial charge in [-0.3, -0.25) is 4.79 Å². The number of rotatable bonds is 3. The summed E-state index contributed by atoms with van der Waals surface area (Å²) in [5, 5.41) is 8.55. The van der Waals surface area contributed by atoms with Crippen LogP contribution in [0.5, 0.6) is 0 Å². The van der Waals surface area contributed by atoms with Crippen molar-refractivity contribution in [2.24, 2.45) is 0 Å². The molecule has 0 radical (unpaired) electrons. The number of nitrogens with zero attached hydrogens (tertiary/aromatic N) is 4. The van der Waals surface area contributed by atoms with Crippen molar-refractivity contribution in [3.05, 3.63) is 46.2 Å². The lowest BCUT2D eigenvalue weighted by molar-refractivity contribution is 0.0822. The van der Waals surface area contributed by atoms with Crippen LogP contribution < -0.4 is 0 Å². The highest BCUT2D eigenvalue weighted by Gasteiger charge is 2.12. The molecule has 0 aliphatic carbocycles. The summed E-state index contributed by atoms with van der Waals surface area (Å²) in [6.45, 7) is 2.56. The van der Waals surface area contributed by atoms with Crippen LogP contribution in [0.2, 0.25) is 5.02 Å². The van der Waals surface area contributed by atoms with E-state index in [0.717, 1.165) is 11.1 Å². The smallest absolute Gasteiger partial charge is 0.275 e. The van der Waals surface area contributed by atoms with Gasteiger partial charge in [-0.1, -0.05) is 22.9 Å². The zero-order chi connectivity index (χ0) is 14.0. The first-order chi connectivity index (χ1) is 8.97. The number of aromatic nitrogens is 3. The fourth-order valence-electron chi connectivity index (χ4n) is 1.71. The number of hydrogen-bond acceptors (Lipinski definition) is 3. The van der Waals surface area contributed by atoms with E-state index in [4.69, 9.17) is 11.6 Å². The molecule has 0 fully saturated rings. The van der Waals surface area contributed by atoms with E-state index in [0.29, 0.717) is 17.3 Å². The first-order valence-electron chi connectivity index (χ1n) is 5.84. The molecule has 0 saturated heterocycles. The molecule has 0 unspecified atom stereocenters. The Kier molecular flexibility index (Phi) is 3.85. The van der Waals surface area contributed by atoms with E-state index in [9.17, 15) is 4.79 Å². The number of halogens is 1. The number of benzene rings is 1. The maximum Gasteiger partial charge on any atom is 0.275 e. The van der Waals surface area contributed by atoms with Crippen LogP contribution in [0, 0.1) is 6.92 Å². The predicted molar refractivity (Wildman–Crippen MR) is 73.3 cm³/mol. The molecule has 0 aliphatic heterocycles. The maximum absolute atomic E-state index is 11.7. The van der Waals surface area contributed by atoms with Crippen molar-refractivity contribution in [2.45, 2.75) is 13.5 Å². The van der Waals surface area contributed by atoms with E-state index < -0.39 is 0 Å². The summed E-state index contributed by atoms with van der Waals surface area (Å²) < 4.78 is 1.65. The Morgan fingerprint density at radius 2 is 2.16 bits per heavy atom. The molecule has 1 aromatic heterocycles. The number of amides is 1. The highest BCUT2D eigenvalue weighted by Crippen LogP contribution is 2.16. The third-order valence-electron chi connectivity index (χ3n) is 2.80. The average Bonchev–Trinajstić information content (AvgIpc) is 2.80. The second kappa shape index (κ2) is 5.40. The first kappa shape index (κ1) is 13.5. The minimum Gasteiger partial charge on any atom is -0.343 e. The second-order valence-electron chi connectivity index (χ2n) is 4.57. The molecule has 6 heteroatoms.